The number of ether oxygens (including phenoxy) is 1. The lowest BCUT2D eigenvalue weighted by atomic mass is 10.0. The van der Waals surface area contributed by atoms with Crippen LogP contribution in [-0.4, -0.2) is 7.11 Å². The van der Waals surface area contributed by atoms with Crippen LogP contribution in [0.3, 0.4) is 0 Å². The minimum absolute atomic E-state index is 1.00. The molecule has 0 saturated carbocycles. The zero-order chi connectivity index (χ0) is 11.7. The first-order valence-corrected chi connectivity index (χ1v) is 5.64. The lowest BCUT2D eigenvalue weighted by molar-refractivity contribution is 0.408. The van der Waals surface area contributed by atoms with Gasteiger partial charge in [-0.25, -0.2) is 0 Å². The van der Waals surface area contributed by atoms with Crippen LogP contribution in [0.1, 0.15) is 30.0 Å². The molecule has 2 rings (SSSR count). The molecular weight excluding hydrogens is 196 g/mol. The average molecular weight is 214 g/mol. The SMILES string of the molecule is COc1c(C)cc(C2=CCC(C)=C2)cc1C. The van der Waals surface area contributed by atoms with Crippen LogP contribution in [-0.2, 0) is 0 Å². The van der Waals surface area contributed by atoms with Crippen molar-refractivity contribution in [2.24, 2.45) is 0 Å². The van der Waals surface area contributed by atoms with Crippen LogP contribution in [0.4, 0.5) is 0 Å². The maximum atomic E-state index is 5.38. The van der Waals surface area contributed by atoms with Crippen molar-refractivity contribution in [2.75, 3.05) is 7.11 Å². The molecule has 1 aliphatic carbocycles. The topological polar surface area (TPSA) is 9.23 Å². The molecule has 0 spiro atoms. The summed E-state index contributed by atoms with van der Waals surface area (Å²) in [5, 5.41) is 0. The summed E-state index contributed by atoms with van der Waals surface area (Å²) in [6.45, 7) is 6.37. The Kier molecular flexibility index (Phi) is 2.86. The molecule has 0 saturated heterocycles. The van der Waals surface area contributed by atoms with Gasteiger partial charge in [0.05, 0.1) is 7.11 Å². The standard InChI is InChI=1S/C15H18O/c1-10-5-6-13(7-10)14-8-11(2)15(16-4)12(3)9-14/h6-9H,5H2,1-4H3. The molecule has 0 fully saturated rings. The highest BCUT2D eigenvalue weighted by atomic mass is 16.5. The van der Waals surface area contributed by atoms with Gasteiger partial charge in [-0.05, 0) is 61.6 Å². The molecule has 0 aromatic heterocycles. The Hall–Kier alpha value is -1.50. The predicted molar refractivity (Wildman–Crippen MR) is 68.8 cm³/mol. The summed E-state index contributed by atoms with van der Waals surface area (Å²) in [6.07, 6.45) is 5.64. The van der Waals surface area contributed by atoms with E-state index in [0.717, 1.165) is 12.2 Å². The van der Waals surface area contributed by atoms with Crippen molar-refractivity contribution in [3.8, 4) is 5.75 Å². The second-order valence-electron chi connectivity index (χ2n) is 4.50. The minimum Gasteiger partial charge on any atom is -0.496 e. The number of aryl methyl sites for hydroxylation is 2. The van der Waals surface area contributed by atoms with Crippen LogP contribution in [0.2, 0.25) is 0 Å². The fraction of sp³-hybridized carbons (Fsp3) is 0.333. The third-order valence-corrected chi connectivity index (χ3v) is 3.04. The molecule has 1 aromatic carbocycles. The molecular formula is C15H18O. The summed E-state index contributed by atoms with van der Waals surface area (Å²) in [5.41, 5.74) is 6.48. The van der Waals surface area contributed by atoms with Gasteiger partial charge in [0, 0.05) is 0 Å². The molecule has 1 aromatic rings. The van der Waals surface area contributed by atoms with Crippen molar-refractivity contribution in [3.05, 3.63) is 46.5 Å². The normalized spacial score (nSPS) is 14.8. The van der Waals surface area contributed by atoms with Crippen molar-refractivity contribution >= 4 is 5.57 Å². The van der Waals surface area contributed by atoms with E-state index in [4.69, 9.17) is 4.74 Å². The highest BCUT2D eigenvalue weighted by Gasteiger charge is 2.09. The zero-order valence-corrected chi connectivity index (χ0v) is 10.4. The smallest absolute Gasteiger partial charge is 0.124 e. The first-order chi connectivity index (χ1) is 7.61. The van der Waals surface area contributed by atoms with E-state index in [0.29, 0.717) is 0 Å². The molecule has 0 amide bonds. The zero-order valence-electron chi connectivity index (χ0n) is 10.4. The van der Waals surface area contributed by atoms with Crippen LogP contribution in [0, 0.1) is 13.8 Å². The Balaban J connectivity index is 2.45. The molecule has 1 heteroatoms. The Morgan fingerprint density at radius 1 is 1.06 bits per heavy atom. The second kappa shape index (κ2) is 4.17. The molecule has 1 nitrogen and oxygen atoms in total. The fourth-order valence-corrected chi connectivity index (χ4v) is 2.29. The van der Waals surface area contributed by atoms with Gasteiger partial charge in [0.1, 0.15) is 5.75 Å². The van der Waals surface area contributed by atoms with Crippen molar-refractivity contribution in [3.63, 3.8) is 0 Å². The van der Waals surface area contributed by atoms with Crippen LogP contribution < -0.4 is 4.74 Å². The lowest BCUT2D eigenvalue weighted by Gasteiger charge is -2.11. The molecule has 0 radical (unpaired) electrons. The molecule has 0 aliphatic heterocycles. The summed E-state index contributed by atoms with van der Waals surface area (Å²) in [4.78, 5) is 0. The fourth-order valence-electron chi connectivity index (χ4n) is 2.29. The number of allylic oxidation sites excluding steroid dienone is 4. The van der Waals surface area contributed by atoms with E-state index in [2.05, 4.69) is 45.1 Å². The minimum atomic E-state index is 1.00. The molecule has 0 atom stereocenters. The van der Waals surface area contributed by atoms with Crippen LogP contribution >= 0.6 is 0 Å². The molecule has 16 heavy (non-hydrogen) atoms. The van der Waals surface area contributed by atoms with Gasteiger partial charge in [-0.15, -0.1) is 0 Å². The molecule has 0 unspecified atom stereocenters. The van der Waals surface area contributed by atoms with Crippen molar-refractivity contribution in [1.29, 1.82) is 0 Å². The predicted octanol–water partition coefficient (Wildman–Crippen LogP) is 4.05. The van der Waals surface area contributed by atoms with Crippen molar-refractivity contribution < 1.29 is 4.74 Å². The first kappa shape index (κ1) is 11.0. The summed E-state index contributed by atoms with van der Waals surface area (Å²) in [6, 6.07) is 4.40. The van der Waals surface area contributed by atoms with E-state index < -0.39 is 0 Å². The van der Waals surface area contributed by atoms with Gasteiger partial charge in [0.15, 0.2) is 0 Å². The monoisotopic (exact) mass is 214 g/mol. The number of benzene rings is 1. The van der Waals surface area contributed by atoms with E-state index in [1.54, 1.807) is 7.11 Å². The highest BCUT2D eigenvalue weighted by molar-refractivity contribution is 5.78. The maximum absolute atomic E-state index is 5.38. The molecule has 84 valence electrons. The Morgan fingerprint density at radius 2 is 1.69 bits per heavy atom. The molecule has 0 bridgehead atoms. The Morgan fingerprint density at radius 3 is 2.12 bits per heavy atom. The third-order valence-electron chi connectivity index (χ3n) is 3.04. The van der Waals surface area contributed by atoms with Gasteiger partial charge in [0.25, 0.3) is 0 Å². The molecule has 1 aliphatic rings. The number of hydrogen-bond acceptors (Lipinski definition) is 1. The van der Waals surface area contributed by atoms with E-state index in [9.17, 15) is 0 Å². The van der Waals surface area contributed by atoms with Crippen LogP contribution in [0.15, 0.2) is 29.9 Å². The van der Waals surface area contributed by atoms with Gasteiger partial charge < -0.3 is 4.74 Å². The van der Waals surface area contributed by atoms with Crippen molar-refractivity contribution in [2.45, 2.75) is 27.2 Å². The first-order valence-electron chi connectivity index (χ1n) is 5.64. The molecule has 0 heterocycles. The van der Waals surface area contributed by atoms with E-state index in [1.807, 2.05) is 0 Å². The van der Waals surface area contributed by atoms with Gasteiger partial charge in [0.2, 0.25) is 0 Å². The molecule has 0 N–H and O–H groups in total. The largest absolute Gasteiger partial charge is 0.496 e. The van der Waals surface area contributed by atoms with Crippen LogP contribution in [0.25, 0.3) is 5.57 Å². The maximum Gasteiger partial charge on any atom is 0.124 e. The summed E-state index contributed by atoms with van der Waals surface area (Å²) >= 11 is 0. The second-order valence-corrected chi connectivity index (χ2v) is 4.50. The van der Waals surface area contributed by atoms with Gasteiger partial charge >= 0.3 is 0 Å². The van der Waals surface area contributed by atoms with E-state index >= 15 is 0 Å². The summed E-state index contributed by atoms with van der Waals surface area (Å²) in [7, 11) is 1.73. The van der Waals surface area contributed by atoms with Crippen LogP contribution in [0.5, 0.6) is 5.75 Å². The van der Waals surface area contributed by atoms with Gasteiger partial charge in [-0.1, -0.05) is 17.7 Å². The number of rotatable bonds is 2. The Bertz CT molecular complexity index is 455. The summed E-state index contributed by atoms with van der Waals surface area (Å²) in [5.74, 6) is 1.00. The van der Waals surface area contributed by atoms with Crippen molar-refractivity contribution in [1.82, 2.24) is 0 Å². The quantitative estimate of drug-likeness (QED) is 0.721. The van der Waals surface area contributed by atoms with E-state index in [1.165, 1.54) is 27.8 Å². The Labute approximate surface area is 97.4 Å². The highest BCUT2D eigenvalue weighted by Crippen LogP contribution is 2.31. The lowest BCUT2D eigenvalue weighted by Crippen LogP contribution is -1.93. The van der Waals surface area contributed by atoms with Gasteiger partial charge in [-0.2, -0.15) is 0 Å². The summed E-state index contributed by atoms with van der Waals surface area (Å²) < 4.78 is 5.38. The van der Waals surface area contributed by atoms with Gasteiger partial charge in [-0.3, -0.25) is 0 Å². The van der Waals surface area contributed by atoms with E-state index in [-0.39, 0.29) is 0 Å². The number of hydrogen-bond donors (Lipinski definition) is 0. The average Bonchev–Trinajstić information content (AvgIpc) is 2.64. The number of methoxy groups -OCH3 is 1. The third kappa shape index (κ3) is 1.90.